The molecule has 0 radical (unpaired) electrons. The lowest BCUT2D eigenvalue weighted by Crippen LogP contribution is -2.45. The second-order valence-electron chi connectivity index (χ2n) is 13.1. The standard InChI is InChI=1S/C31H44FN7O3/c1-21(2)23-8-7-9-25(18-23)41-20-27-34-35-28(37(27)6)22-10-12-24(13-11-22)39-19-26(33-36-39)31(32)14-16-38(17-15-31)29(40)42-30(3,4)5/h7-9,18-19,21-22,24H,10-17,20H2,1-6H3/t22-,24-. The Morgan fingerprint density at radius 1 is 1.10 bits per heavy atom. The van der Waals surface area contributed by atoms with Gasteiger partial charge in [0.25, 0.3) is 0 Å². The first kappa shape index (κ1) is 30.0. The predicted octanol–water partition coefficient (Wildman–Crippen LogP) is 6.20. The van der Waals surface area contributed by atoms with Gasteiger partial charge in [0.05, 0.1) is 12.2 Å². The van der Waals surface area contributed by atoms with E-state index in [-0.39, 0.29) is 18.9 Å². The van der Waals surface area contributed by atoms with Crippen molar-refractivity contribution in [2.45, 2.75) is 109 Å². The third kappa shape index (κ3) is 6.76. The van der Waals surface area contributed by atoms with E-state index in [1.165, 1.54) is 5.56 Å². The zero-order valence-corrected chi connectivity index (χ0v) is 25.7. The molecule has 1 aliphatic heterocycles. The number of rotatable bonds is 7. The summed E-state index contributed by atoms with van der Waals surface area (Å²) in [6.07, 6.45) is 5.41. The SMILES string of the molecule is CC(C)c1cccc(OCc2nnc([C@H]3CC[C@H](n4cc(C5(F)CCN(C(=O)OC(C)(C)C)CC5)nn4)CC3)n2C)c1. The fourth-order valence-corrected chi connectivity index (χ4v) is 5.85. The zero-order valence-electron chi connectivity index (χ0n) is 25.7. The molecule has 2 fully saturated rings. The Morgan fingerprint density at radius 3 is 2.48 bits per heavy atom. The Labute approximate surface area is 247 Å². The van der Waals surface area contributed by atoms with E-state index in [1.807, 2.05) is 44.6 Å². The van der Waals surface area contributed by atoms with E-state index in [1.54, 1.807) is 11.1 Å². The number of nitrogens with zero attached hydrogens (tertiary/aromatic N) is 7. The third-order valence-corrected chi connectivity index (χ3v) is 8.50. The van der Waals surface area contributed by atoms with Crippen LogP contribution in [0.15, 0.2) is 30.5 Å². The maximum atomic E-state index is 15.9. The van der Waals surface area contributed by atoms with E-state index in [4.69, 9.17) is 9.47 Å². The van der Waals surface area contributed by atoms with Gasteiger partial charge in [-0.05, 0) is 70.1 Å². The summed E-state index contributed by atoms with van der Waals surface area (Å²) in [6.45, 7) is 10.8. The quantitative estimate of drug-likeness (QED) is 0.327. The summed E-state index contributed by atoms with van der Waals surface area (Å²) >= 11 is 0. The highest BCUT2D eigenvalue weighted by molar-refractivity contribution is 5.68. The molecule has 3 aromatic rings. The number of hydrogen-bond donors (Lipinski definition) is 0. The number of hydrogen-bond acceptors (Lipinski definition) is 7. The zero-order chi connectivity index (χ0) is 30.1. The normalized spacial score (nSPS) is 21.0. The summed E-state index contributed by atoms with van der Waals surface area (Å²) in [5, 5.41) is 17.5. The van der Waals surface area contributed by atoms with Crippen molar-refractivity contribution >= 4 is 6.09 Å². The van der Waals surface area contributed by atoms with Crippen LogP contribution in [0.4, 0.5) is 9.18 Å². The average Bonchev–Trinajstić information content (AvgIpc) is 3.59. The van der Waals surface area contributed by atoms with E-state index in [9.17, 15) is 4.79 Å². The van der Waals surface area contributed by atoms with Crippen LogP contribution in [-0.4, -0.2) is 59.4 Å². The van der Waals surface area contributed by atoms with Gasteiger partial charge in [0, 0.05) is 38.9 Å². The highest BCUT2D eigenvalue weighted by atomic mass is 19.1. The van der Waals surface area contributed by atoms with E-state index in [0.717, 1.165) is 43.1 Å². The monoisotopic (exact) mass is 581 g/mol. The molecule has 3 heterocycles. The molecule has 5 rings (SSSR count). The van der Waals surface area contributed by atoms with E-state index in [0.29, 0.717) is 37.2 Å². The highest BCUT2D eigenvalue weighted by Gasteiger charge is 2.41. The van der Waals surface area contributed by atoms with Crippen molar-refractivity contribution < 1.29 is 18.7 Å². The number of aromatic nitrogens is 6. The fraction of sp³-hybridized carbons (Fsp3) is 0.645. The smallest absolute Gasteiger partial charge is 0.410 e. The summed E-state index contributed by atoms with van der Waals surface area (Å²) in [5.41, 5.74) is -0.577. The summed E-state index contributed by atoms with van der Waals surface area (Å²) in [6, 6.07) is 8.35. The van der Waals surface area contributed by atoms with Crippen LogP contribution in [0.3, 0.4) is 0 Å². The lowest BCUT2D eigenvalue weighted by Gasteiger charge is -2.36. The number of ether oxygens (including phenoxy) is 2. The van der Waals surface area contributed by atoms with Gasteiger partial charge < -0.3 is 18.9 Å². The van der Waals surface area contributed by atoms with Crippen molar-refractivity contribution in [2.75, 3.05) is 13.1 Å². The number of benzene rings is 1. The van der Waals surface area contributed by atoms with Gasteiger partial charge in [-0.3, -0.25) is 0 Å². The van der Waals surface area contributed by atoms with Crippen LogP contribution in [0.2, 0.25) is 0 Å². The van der Waals surface area contributed by atoms with Crippen LogP contribution in [0.1, 0.15) is 114 Å². The van der Waals surface area contributed by atoms with Crippen LogP contribution in [0.5, 0.6) is 5.75 Å². The number of alkyl halides is 1. The lowest BCUT2D eigenvalue weighted by atomic mass is 9.85. The molecule has 1 saturated heterocycles. The molecule has 42 heavy (non-hydrogen) atoms. The average molecular weight is 582 g/mol. The minimum Gasteiger partial charge on any atom is -0.486 e. The lowest BCUT2D eigenvalue weighted by molar-refractivity contribution is 0.00123. The summed E-state index contributed by atoms with van der Waals surface area (Å²) in [5.74, 6) is 3.35. The number of likely N-dealkylation sites (tertiary alicyclic amines) is 1. The van der Waals surface area contributed by atoms with Crippen molar-refractivity contribution in [3.63, 3.8) is 0 Å². The molecule has 10 nitrogen and oxygen atoms in total. The van der Waals surface area contributed by atoms with Gasteiger partial charge in [-0.2, -0.15) is 0 Å². The largest absolute Gasteiger partial charge is 0.486 e. The molecule has 2 aromatic heterocycles. The van der Waals surface area contributed by atoms with Gasteiger partial charge in [0.15, 0.2) is 11.5 Å². The maximum Gasteiger partial charge on any atom is 0.410 e. The molecular weight excluding hydrogens is 537 g/mol. The van der Waals surface area contributed by atoms with Crippen molar-refractivity contribution in [1.29, 1.82) is 0 Å². The van der Waals surface area contributed by atoms with Gasteiger partial charge in [0.1, 0.15) is 29.5 Å². The molecule has 0 bridgehead atoms. The first-order valence-electron chi connectivity index (χ1n) is 15.1. The molecule has 1 amide bonds. The summed E-state index contributed by atoms with van der Waals surface area (Å²) < 4.78 is 31.3. The molecule has 1 aliphatic carbocycles. The Balaban J connectivity index is 1.13. The number of piperidine rings is 1. The Hall–Kier alpha value is -3.50. The van der Waals surface area contributed by atoms with Crippen molar-refractivity contribution in [1.82, 2.24) is 34.7 Å². The van der Waals surface area contributed by atoms with Crippen molar-refractivity contribution in [3.8, 4) is 5.75 Å². The first-order chi connectivity index (χ1) is 19.9. The second-order valence-corrected chi connectivity index (χ2v) is 13.1. The van der Waals surface area contributed by atoms with Gasteiger partial charge in [-0.25, -0.2) is 13.9 Å². The number of carbonyl (C=O) groups is 1. The molecule has 2 aliphatic rings. The molecule has 1 aromatic carbocycles. The molecule has 11 heteroatoms. The molecule has 0 N–H and O–H groups in total. The molecule has 0 atom stereocenters. The number of carbonyl (C=O) groups excluding carboxylic acids is 1. The van der Waals surface area contributed by atoms with Crippen molar-refractivity contribution in [2.24, 2.45) is 7.05 Å². The van der Waals surface area contributed by atoms with Gasteiger partial charge >= 0.3 is 6.09 Å². The molecule has 0 unspecified atom stereocenters. The van der Waals surface area contributed by atoms with E-state index < -0.39 is 17.4 Å². The number of halogens is 1. The Kier molecular flexibility index (Phi) is 8.57. The minimum atomic E-state index is -1.60. The van der Waals surface area contributed by atoms with Gasteiger partial charge in [0.2, 0.25) is 0 Å². The molecule has 1 saturated carbocycles. The fourth-order valence-electron chi connectivity index (χ4n) is 5.85. The van der Waals surface area contributed by atoms with Crippen LogP contribution >= 0.6 is 0 Å². The van der Waals surface area contributed by atoms with Gasteiger partial charge in [-0.15, -0.1) is 15.3 Å². The van der Waals surface area contributed by atoms with Gasteiger partial charge in [-0.1, -0.05) is 31.2 Å². The first-order valence-corrected chi connectivity index (χ1v) is 15.1. The summed E-state index contributed by atoms with van der Waals surface area (Å²) in [4.78, 5) is 14.0. The molecule has 0 spiro atoms. The van der Waals surface area contributed by atoms with Crippen LogP contribution in [0, 0.1) is 0 Å². The van der Waals surface area contributed by atoms with Crippen molar-refractivity contribution in [3.05, 3.63) is 53.4 Å². The van der Waals surface area contributed by atoms with Crippen LogP contribution < -0.4 is 4.74 Å². The van der Waals surface area contributed by atoms with Crippen LogP contribution in [-0.2, 0) is 24.1 Å². The topological polar surface area (TPSA) is 100 Å². The molecular formula is C31H44FN7O3. The number of amides is 1. The third-order valence-electron chi connectivity index (χ3n) is 8.50. The molecule has 228 valence electrons. The van der Waals surface area contributed by atoms with E-state index >= 15 is 4.39 Å². The Bertz CT molecular complexity index is 1360. The Morgan fingerprint density at radius 2 is 1.81 bits per heavy atom. The second kappa shape index (κ2) is 12.0. The predicted molar refractivity (Wildman–Crippen MR) is 156 cm³/mol. The van der Waals surface area contributed by atoms with Crippen LogP contribution in [0.25, 0.3) is 0 Å². The summed E-state index contributed by atoms with van der Waals surface area (Å²) in [7, 11) is 2.00. The maximum absolute atomic E-state index is 15.9. The minimum absolute atomic E-state index is 0.164. The highest BCUT2D eigenvalue weighted by Crippen LogP contribution is 2.40. The van der Waals surface area contributed by atoms with E-state index in [2.05, 4.69) is 51.1 Å².